The lowest BCUT2D eigenvalue weighted by Crippen LogP contribution is -2.37. The maximum Gasteiger partial charge on any atom is 0.0423 e. The number of anilines is 1. The van der Waals surface area contributed by atoms with Crippen molar-refractivity contribution < 1.29 is 0 Å². The molecule has 1 aliphatic heterocycles. The average Bonchev–Trinajstić information content (AvgIpc) is 2.98. The van der Waals surface area contributed by atoms with Gasteiger partial charge in [-0.25, -0.2) is 0 Å². The Morgan fingerprint density at radius 1 is 1.29 bits per heavy atom. The molecule has 0 saturated carbocycles. The lowest BCUT2D eigenvalue weighted by atomic mass is 10.1. The van der Waals surface area contributed by atoms with Gasteiger partial charge >= 0.3 is 0 Å². The number of likely N-dealkylation sites (N-methyl/N-ethyl adjacent to an activating group) is 1. The minimum Gasteiger partial charge on any atom is -0.370 e. The summed E-state index contributed by atoms with van der Waals surface area (Å²) >= 11 is 1.90. The normalized spacial score (nSPS) is 18.7. The van der Waals surface area contributed by atoms with Crippen molar-refractivity contribution in [2.75, 3.05) is 36.8 Å². The highest BCUT2D eigenvalue weighted by Crippen LogP contribution is 2.33. The van der Waals surface area contributed by atoms with E-state index < -0.39 is 0 Å². The third kappa shape index (κ3) is 3.74. The quantitative estimate of drug-likeness (QED) is 0.784. The van der Waals surface area contributed by atoms with E-state index in [0.29, 0.717) is 12.6 Å². The number of nitrogens with zero attached hydrogens (tertiary/aromatic N) is 2. The molecule has 0 amide bonds. The maximum atomic E-state index is 6.05. The smallest absolute Gasteiger partial charge is 0.0423 e. The minimum atomic E-state index is 0.630. The van der Waals surface area contributed by atoms with Crippen LogP contribution >= 0.6 is 11.8 Å². The standard InChI is InChI=1S/C17H29N3S/c1-4-19(5-2)14-10-11-20(13-14)16-8-7-9-17(21-6-3)15(16)12-18/h7-9,14H,4-6,10-13,18H2,1-3H3. The van der Waals surface area contributed by atoms with Gasteiger partial charge in [-0.3, -0.25) is 4.90 Å². The molecule has 0 aromatic heterocycles. The zero-order chi connectivity index (χ0) is 15.2. The second-order valence-electron chi connectivity index (χ2n) is 5.50. The fourth-order valence-corrected chi connectivity index (χ4v) is 4.19. The van der Waals surface area contributed by atoms with Crippen LogP contribution in [0.4, 0.5) is 5.69 Å². The lowest BCUT2D eigenvalue weighted by molar-refractivity contribution is 0.232. The van der Waals surface area contributed by atoms with Crippen LogP contribution in [0.2, 0.25) is 0 Å². The zero-order valence-electron chi connectivity index (χ0n) is 13.6. The first-order valence-corrected chi connectivity index (χ1v) is 9.17. The minimum absolute atomic E-state index is 0.630. The Morgan fingerprint density at radius 2 is 2.05 bits per heavy atom. The highest BCUT2D eigenvalue weighted by atomic mass is 32.2. The van der Waals surface area contributed by atoms with Gasteiger partial charge < -0.3 is 10.6 Å². The molecule has 1 saturated heterocycles. The van der Waals surface area contributed by atoms with Crippen LogP contribution in [0.25, 0.3) is 0 Å². The molecule has 21 heavy (non-hydrogen) atoms. The molecule has 118 valence electrons. The SMILES string of the molecule is CCSc1cccc(N2CCC(N(CC)CC)C2)c1CN. The third-order valence-electron chi connectivity index (χ3n) is 4.45. The number of hydrogen-bond donors (Lipinski definition) is 1. The van der Waals surface area contributed by atoms with Crippen molar-refractivity contribution in [1.29, 1.82) is 0 Å². The number of benzene rings is 1. The van der Waals surface area contributed by atoms with Gasteiger partial charge in [0.1, 0.15) is 0 Å². The van der Waals surface area contributed by atoms with Crippen molar-refractivity contribution in [1.82, 2.24) is 4.90 Å². The number of rotatable bonds is 7. The maximum absolute atomic E-state index is 6.05. The summed E-state index contributed by atoms with van der Waals surface area (Å²) < 4.78 is 0. The molecule has 1 fully saturated rings. The zero-order valence-corrected chi connectivity index (χ0v) is 14.5. The van der Waals surface area contributed by atoms with Gasteiger partial charge in [-0.15, -0.1) is 11.8 Å². The van der Waals surface area contributed by atoms with Crippen LogP contribution in [0.3, 0.4) is 0 Å². The topological polar surface area (TPSA) is 32.5 Å². The van der Waals surface area contributed by atoms with Gasteiger partial charge in [0, 0.05) is 41.8 Å². The van der Waals surface area contributed by atoms with Crippen LogP contribution in [-0.4, -0.2) is 42.9 Å². The molecule has 3 nitrogen and oxygen atoms in total. The first-order chi connectivity index (χ1) is 10.2. The molecule has 2 N–H and O–H groups in total. The predicted octanol–water partition coefficient (Wildman–Crippen LogP) is 3.18. The van der Waals surface area contributed by atoms with Gasteiger partial charge in [0.15, 0.2) is 0 Å². The third-order valence-corrected chi connectivity index (χ3v) is 5.43. The largest absolute Gasteiger partial charge is 0.370 e. The van der Waals surface area contributed by atoms with E-state index in [1.54, 1.807) is 0 Å². The molecule has 4 heteroatoms. The second-order valence-corrected chi connectivity index (χ2v) is 6.81. The fraction of sp³-hybridized carbons (Fsp3) is 0.647. The Kier molecular flexibility index (Phi) is 6.40. The van der Waals surface area contributed by atoms with Crippen LogP contribution in [0.15, 0.2) is 23.1 Å². The number of nitrogens with two attached hydrogens (primary N) is 1. The van der Waals surface area contributed by atoms with Crippen LogP contribution in [0.5, 0.6) is 0 Å². The fourth-order valence-electron chi connectivity index (χ4n) is 3.34. The van der Waals surface area contributed by atoms with Crippen LogP contribution in [0, 0.1) is 0 Å². The van der Waals surface area contributed by atoms with Crippen molar-refractivity contribution in [3.63, 3.8) is 0 Å². The Labute approximate surface area is 133 Å². The number of thioether (sulfide) groups is 1. The van der Waals surface area contributed by atoms with E-state index in [0.717, 1.165) is 31.9 Å². The summed E-state index contributed by atoms with van der Waals surface area (Å²) in [5, 5.41) is 0. The summed E-state index contributed by atoms with van der Waals surface area (Å²) in [5.41, 5.74) is 8.72. The highest BCUT2D eigenvalue weighted by Gasteiger charge is 2.27. The predicted molar refractivity (Wildman–Crippen MR) is 94.3 cm³/mol. The molecule has 1 atom stereocenters. The van der Waals surface area contributed by atoms with Crippen molar-refractivity contribution in [2.24, 2.45) is 5.73 Å². The lowest BCUT2D eigenvalue weighted by Gasteiger charge is -2.28. The molecule has 0 aliphatic carbocycles. The number of hydrogen-bond acceptors (Lipinski definition) is 4. The highest BCUT2D eigenvalue weighted by molar-refractivity contribution is 7.99. The molecule has 0 bridgehead atoms. The molecule has 1 aliphatic rings. The van der Waals surface area contributed by atoms with Crippen molar-refractivity contribution in [3.05, 3.63) is 23.8 Å². The van der Waals surface area contributed by atoms with Crippen LogP contribution in [-0.2, 0) is 6.54 Å². The molecule has 0 spiro atoms. The summed E-state index contributed by atoms with van der Waals surface area (Å²) in [5.74, 6) is 1.10. The van der Waals surface area contributed by atoms with E-state index in [-0.39, 0.29) is 0 Å². The monoisotopic (exact) mass is 307 g/mol. The van der Waals surface area contributed by atoms with E-state index in [4.69, 9.17) is 5.73 Å². The Bertz CT molecular complexity index is 446. The summed E-state index contributed by atoms with van der Waals surface area (Å²) in [6, 6.07) is 7.31. The van der Waals surface area contributed by atoms with E-state index in [9.17, 15) is 0 Å². The van der Waals surface area contributed by atoms with Crippen LogP contribution < -0.4 is 10.6 Å². The molecule has 1 aromatic carbocycles. The Hall–Kier alpha value is -0.710. The van der Waals surface area contributed by atoms with Gasteiger partial charge in [-0.2, -0.15) is 0 Å². The summed E-state index contributed by atoms with van der Waals surface area (Å²) in [7, 11) is 0. The van der Waals surface area contributed by atoms with E-state index in [1.807, 2.05) is 11.8 Å². The molecular weight excluding hydrogens is 278 g/mol. The van der Waals surface area contributed by atoms with Crippen molar-refractivity contribution in [2.45, 2.75) is 44.7 Å². The van der Waals surface area contributed by atoms with Gasteiger partial charge in [-0.1, -0.05) is 26.8 Å². The van der Waals surface area contributed by atoms with Crippen molar-refractivity contribution >= 4 is 17.4 Å². The summed E-state index contributed by atoms with van der Waals surface area (Å²) in [6.07, 6.45) is 1.26. The molecule has 1 unspecified atom stereocenters. The molecule has 1 aromatic rings. The van der Waals surface area contributed by atoms with Gasteiger partial charge in [-0.05, 0) is 37.4 Å². The van der Waals surface area contributed by atoms with E-state index in [1.165, 1.54) is 22.6 Å². The van der Waals surface area contributed by atoms with E-state index >= 15 is 0 Å². The molecule has 1 heterocycles. The molecule has 0 radical (unpaired) electrons. The van der Waals surface area contributed by atoms with E-state index in [2.05, 4.69) is 48.8 Å². The second kappa shape index (κ2) is 8.06. The average molecular weight is 308 g/mol. The first kappa shape index (κ1) is 16.7. The Balaban J connectivity index is 2.17. The first-order valence-electron chi connectivity index (χ1n) is 8.18. The summed E-state index contributed by atoms with van der Waals surface area (Å²) in [6.45, 7) is 11.9. The van der Waals surface area contributed by atoms with Crippen molar-refractivity contribution in [3.8, 4) is 0 Å². The van der Waals surface area contributed by atoms with Gasteiger partial charge in [0.05, 0.1) is 0 Å². The molecule has 2 rings (SSSR count). The van der Waals surface area contributed by atoms with Crippen LogP contribution in [0.1, 0.15) is 32.8 Å². The summed E-state index contributed by atoms with van der Waals surface area (Å²) in [4.78, 5) is 6.46. The van der Waals surface area contributed by atoms with Gasteiger partial charge in [0.25, 0.3) is 0 Å². The molecular formula is C17H29N3S. The van der Waals surface area contributed by atoms with Gasteiger partial charge in [0.2, 0.25) is 0 Å². The Morgan fingerprint density at radius 3 is 2.67 bits per heavy atom.